The molecule has 0 aromatic heterocycles. The maximum absolute atomic E-state index is 11.9. The minimum Gasteiger partial charge on any atom is -0.319 e. The van der Waals surface area contributed by atoms with Gasteiger partial charge in [0.25, 0.3) is 11.7 Å². The van der Waals surface area contributed by atoms with Crippen LogP contribution in [0.25, 0.3) is 0 Å². The van der Waals surface area contributed by atoms with Gasteiger partial charge in [-0.05, 0) is 19.1 Å². The van der Waals surface area contributed by atoms with Gasteiger partial charge in [0.1, 0.15) is 0 Å². The lowest BCUT2D eigenvalue weighted by molar-refractivity contribution is -0.112. The summed E-state index contributed by atoms with van der Waals surface area (Å²) in [4.78, 5) is 35.0. The van der Waals surface area contributed by atoms with Gasteiger partial charge in [-0.3, -0.25) is 14.4 Å². The SMILES string of the molecule is CC(=O)c1cccc(NC(=O)C(=O)c2ccccc2)c1. The summed E-state index contributed by atoms with van der Waals surface area (Å²) in [5.41, 5.74) is 1.23. The van der Waals surface area contributed by atoms with E-state index in [1.807, 2.05) is 0 Å². The Bertz CT molecular complexity index is 662. The Kier molecular flexibility index (Phi) is 4.05. The summed E-state index contributed by atoms with van der Waals surface area (Å²) < 4.78 is 0. The molecule has 1 amide bonds. The molecular formula is C16H13NO3. The maximum Gasteiger partial charge on any atom is 0.296 e. The van der Waals surface area contributed by atoms with Crippen LogP contribution in [-0.4, -0.2) is 17.5 Å². The highest BCUT2D eigenvalue weighted by molar-refractivity contribution is 6.46. The molecule has 0 heterocycles. The molecule has 0 radical (unpaired) electrons. The van der Waals surface area contributed by atoms with Gasteiger partial charge in [-0.25, -0.2) is 0 Å². The highest BCUT2D eigenvalue weighted by atomic mass is 16.2. The molecule has 0 aliphatic heterocycles. The van der Waals surface area contributed by atoms with E-state index in [2.05, 4.69) is 5.32 Å². The molecule has 0 fully saturated rings. The second kappa shape index (κ2) is 5.93. The van der Waals surface area contributed by atoms with Crippen molar-refractivity contribution in [2.45, 2.75) is 6.92 Å². The molecule has 0 saturated carbocycles. The number of hydrogen-bond acceptors (Lipinski definition) is 3. The molecule has 0 saturated heterocycles. The number of amides is 1. The zero-order valence-corrected chi connectivity index (χ0v) is 10.9. The second-order valence-electron chi connectivity index (χ2n) is 4.29. The number of carbonyl (C=O) groups excluding carboxylic acids is 3. The number of nitrogens with one attached hydrogen (secondary N) is 1. The fourth-order valence-electron chi connectivity index (χ4n) is 1.72. The number of Topliss-reactive ketones (excluding diaryl/α,β-unsaturated/α-hetero) is 2. The quantitative estimate of drug-likeness (QED) is 0.684. The molecule has 2 aromatic rings. The van der Waals surface area contributed by atoms with Crippen LogP contribution in [0.2, 0.25) is 0 Å². The molecule has 4 heteroatoms. The zero-order chi connectivity index (χ0) is 14.5. The van der Waals surface area contributed by atoms with Crippen LogP contribution in [0.1, 0.15) is 27.6 Å². The van der Waals surface area contributed by atoms with Crippen molar-refractivity contribution in [3.8, 4) is 0 Å². The summed E-state index contributed by atoms with van der Waals surface area (Å²) in [7, 11) is 0. The van der Waals surface area contributed by atoms with Crippen LogP contribution in [0.3, 0.4) is 0 Å². The van der Waals surface area contributed by atoms with E-state index in [0.29, 0.717) is 16.8 Å². The fraction of sp³-hybridized carbons (Fsp3) is 0.0625. The molecule has 0 aliphatic carbocycles. The number of anilines is 1. The monoisotopic (exact) mass is 267 g/mol. The van der Waals surface area contributed by atoms with E-state index < -0.39 is 11.7 Å². The van der Waals surface area contributed by atoms with E-state index in [0.717, 1.165) is 0 Å². The van der Waals surface area contributed by atoms with Crippen LogP contribution >= 0.6 is 0 Å². The smallest absolute Gasteiger partial charge is 0.296 e. The third-order valence-corrected chi connectivity index (χ3v) is 2.77. The van der Waals surface area contributed by atoms with Gasteiger partial charge < -0.3 is 5.32 Å². The second-order valence-corrected chi connectivity index (χ2v) is 4.29. The van der Waals surface area contributed by atoms with Crippen molar-refractivity contribution in [1.29, 1.82) is 0 Å². The van der Waals surface area contributed by atoms with E-state index >= 15 is 0 Å². The normalized spacial score (nSPS) is 9.85. The Balaban J connectivity index is 2.14. The highest BCUT2D eigenvalue weighted by Gasteiger charge is 2.16. The average molecular weight is 267 g/mol. The van der Waals surface area contributed by atoms with E-state index in [1.54, 1.807) is 54.6 Å². The van der Waals surface area contributed by atoms with Crippen molar-refractivity contribution >= 4 is 23.2 Å². The first-order valence-corrected chi connectivity index (χ1v) is 6.09. The minimum absolute atomic E-state index is 0.101. The molecule has 0 bridgehead atoms. The molecule has 0 atom stereocenters. The first-order chi connectivity index (χ1) is 9.58. The van der Waals surface area contributed by atoms with Gasteiger partial charge in [-0.1, -0.05) is 42.5 Å². The Morgan fingerprint density at radius 2 is 1.50 bits per heavy atom. The van der Waals surface area contributed by atoms with Crippen LogP contribution in [0.4, 0.5) is 5.69 Å². The number of benzene rings is 2. The minimum atomic E-state index is -0.725. The fourth-order valence-corrected chi connectivity index (χ4v) is 1.72. The van der Waals surface area contributed by atoms with Gasteiger partial charge in [-0.15, -0.1) is 0 Å². The summed E-state index contributed by atoms with van der Waals surface area (Å²) in [5.74, 6) is -1.44. The highest BCUT2D eigenvalue weighted by Crippen LogP contribution is 2.12. The largest absolute Gasteiger partial charge is 0.319 e. The summed E-state index contributed by atoms with van der Waals surface area (Å²) >= 11 is 0. The summed E-state index contributed by atoms with van der Waals surface area (Å²) in [6, 6.07) is 14.8. The van der Waals surface area contributed by atoms with Crippen LogP contribution in [-0.2, 0) is 4.79 Å². The summed E-state index contributed by atoms with van der Waals surface area (Å²) in [6.45, 7) is 1.44. The molecule has 0 spiro atoms. The zero-order valence-electron chi connectivity index (χ0n) is 10.9. The Labute approximate surface area is 116 Å². The molecule has 0 aliphatic rings. The average Bonchev–Trinajstić information content (AvgIpc) is 2.47. The Hall–Kier alpha value is -2.75. The van der Waals surface area contributed by atoms with E-state index in [9.17, 15) is 14.4 Å². The predicted molar refractivity (Wildman–Crippen MR) is 75.8 cm³/mol. The Morgan fingerprint density at radius 1 is 0.850 bits per heavy atom. The van der Waals surface area contributed by atoms with Crippen LogP contribution in [0, 0.1) is 0 Å². The summed E-state index contributed by atoms with van der Waals surface area (Å²) in [6.07, 6.45) is 0. The van der Waals surface area contributed by atoms with Gasteiger partial charge in [0, 0.05) is 16.8 Å². The standard InChI is InChI=1S/C16H13NO3/c1-11(18)13-8-5-9-14(10-13)17-16(20)15(19)12-6-3-2-4-7-12/h2-10H,1H3,(H,17,20). The summed E-state index contributed by atoms with van der Waals surface area (Å²) in [5, 5.41) is 2.49. The molecule has 4 nitrogen and oxygen atoms in total. The third kappa shape index (κ3) is 3.17. The van der Waals surface area contributed by atoms with Gasteiger partial charge in [-0.2, -0.15) is 0 Å². The van der Waals surface area contributed by atoms with Gasteiger partial charge in [0.15, 0.2) is 5.78 Å². The topological polar surface area (TPSA) is 63.2 Å². The van der Waals surface area contributed by atoms with E-state index in [1.165, 1.54) is 6.92 Å². The lowest BCUT2D eigenvalue weighted by Crippen LogP contribution is -2.22. The number of hydrogen-bond donors (Lipinski definition) is 1. The predicted octanol–water partition coefficient (Wildman–Crippen LogP) is 2.71. The molecule has 1 N–H and O–H groups in total. The number of carbonyl (C=O) groups is 3. The van der Waals surface area contributed by atoms with Crippen molar-refractivity contribution in [2.75, 3.05) is 5.32 Å². The molecule has 20 heavy (non-hydrogen) atoms. The van der Waals surface area contributed by atoms with Crippen LogP contribution in [0.15, 0.2) is 54.6 Å². The first-order valence-electron chi connectivity index (χ1n) is 6.09. The van der Waals surface area contributed by atoms with Crippen LogP contribution in [0.5, 0.6) is 0 Å². The van der Waals surface area contributed by atoms with Crippen LogP contribution < -0.4 is 5.32 Å². The van der Waals surface area contributed by atoms with Gasteiger partial charge >= 0.3 is 0 Å². The number of rotatable bonds is 4. The Morgan fingerprint density at radius 3 is 2.15 bits per heavy atom. The number of ketones is 2. The van der Waals surface area contributed by atoms with Gasteiger partial charge in [0.2, 0.25) is 0 Å². The third-order valence-electron chi connectivity index (χ3n) is 2.77. The molecule has 0 unspecified atom stereocenters. The lowest BCUT2D eigenvalue weighted by Gasteiger charge is -2.05. The maximum atomic E-state index is 11.9. The van der Waals surface area contributed by atoms with Gasteiger partial charge in [0.05, 0.1) is 0 Å². The molecule has 2 aromatic carbocycles. The van der Waals surface area contributed by atoms with Crippen molar-refractivity contribution in [3.63, 3.8) is 0 Å². The van der Waals surface area contributed by atoms with Crippen molar-refractivity contribution in [3.05, 3.63) is 65.7 Å². The van der Waals surface area contributed by atoms with E-state index in [4.69, 9.17) is 0 Å². The van der Waals surface area contributed by atoms with Crippen molar-refractivity contribution in [1.82, 2.24) is 0 Å². The molecule has 2 rings (SSSR count). The van der Waals surface area contributed by atoms with Crippen molar-refractivity contribution < 1.29 is 14.4 Å². The van der Waals surface area contributed by atoms with Crippen molar-refractivity contribution in [2.24, 2.45) is 0 Å². The lowest BCUT2D eigenvalue weighted by atomic mass is 10.1. The van der Waals surface area contributed by atoms with E-state index in [-0.39, 0.29) is 5.78 Å². The molecular weight excluding hydrogens is 254 g/mol. The first kappa shape index (κ1) is 13.7. The molecule has 100 valence electrons.